The number of nitrogens with one attached hydrogen (secondary N) is 1. The molecule has 3 heterocycles. The van der Waals surface area contributed by atoms with Crippen LogP contribution < -0.4 is 10.1 Å². The summed E-state index contributed by atoms with van der Waals surface area (Å²) >= 11 is 9.12. The molecule has 0 fully saturated rings. The van der Waals surface area contributed by atoms with Gasteiger partial charge in [-0.2, -0.15) is 0 Å². The third kappa shape index (κ3) is 5.05. The van der Waals surface area contributed by atoms with Gasteiger partial charge in [-0.25, -0.2) is 4.98 Å². The average Bonchev–Trinajstić information content (AvgIpc) is 3.62. The summed E-state index contributed by atoms with van der Waals surface area (Å²) in [5.41, 5.74) is 3.53. The predicted octanol–water partition coefficient (Wildman–Crippen LogP) is 7.23. The van der Waals surface area contributed by atoms with Crippen LogP contribution in [0, 0.1) is 6.92 Å². The van der Waals surface area contributed by atoms with Crippen LogP contribution in [0.1, 0.15) is 33.4 Å². The van der Waals surface area contributed by atoms with Crippen molar-refractivity contribution in [3.63, 3.8) is 0 Å². The van der Waals surface area contributed by atoms with Crippen LogP contribution in [0.4, 0.5) is 5.13 Å². The van der Waals surface area contributed by atoms with Crippen molar-refractivity contribution in [3.8, 4) is 16.3 Å². The number of ether oxygens (including phenoxy) is 1. The number of aromatic nitrogens is 2. The Labute approximate surface area is 227 Å². The number of thiazole rings is 1. The molecule has 0 atom stereocenters. The number of fused-ring (bicyclic) bond motifs is 1. The highest BCUT2D eigenvalue weighted by molar-refractivity contribution is 7.17. The fourth-order valence-electron chi connectivity index (χ4n) is 4.27. The highest BCUT2D eigenvalue weighted by Gasteiger charge is 2.22. The number of aryl methyl sites for hydroxylation is 1. The minimum atomic E-state index is -0.203. The van der Waals surface area contributed by atoms with Crippen molar-refractivity contribution < 1.29 is 14.3 Å². The van der Waals surface area contributed by atoms with Gasteiger partial charge < -0.3 is 10.1 Å². The van der Waals surface area contributed by atoms with E-state index in [0.717, 1.165) is 27.9 Å². The second-order valence-electron chi connectivity index (χ2n) is 8.48. The Morgan fingerprint density at radius 3 is 2.59 bits per heavy atom. The molecule has 9 heteroatoms. The van der Waals surface area contributed by atoms with Gasteiger partial charge in [0.2, 0.25) is 5.91 Å². The Balaban J connectivity index is 1.45. The minimum absolute atomic E-state index is 0.0876. The molecule has 6 nitrogen and oxygen atoms in total. The molecule has 5 aromatic rings. The average molecular weight is 550 g/mol. The lowest BCUT2D eigenvalue weighted by molar-refractivity contribution is -0.115. The van der Waals surface area contributed by atoms with Crippen molar-refractivity contribution in [2.24, 2.45) is 0 Å². The highest BCUT2D eigenvalue weighted by atomic mass is 35.5. The predicted molar refractivity (Wildman–Crippen MR) is 152 cm³/mol. The summed E-state index contributed by atoms with van der Waals surface area (Å²) in [6.45, 7) is 3.98. The number of amides is 1. The normalized spacial score (nSPS) is 11.1. The van der Waals surface area contributed by atoms with Gasteiger partial charge in [0.1, 0.15) is 5.75 Å². The van der Waals surface area contributed by atoms with E-state index in [-0.39, 0.29) is 18.2 Å². The molecular formula is C28H24ClN3O3S2. The molecule has 0 aliphatic heterocycles. The van der Waals surface area contributed by atoms with E-state index in [1.807, 2.05) is 30.5 Å². The third-order valence-corrected chi connectivity index (χ3v) is 8.45. The van der Waals surface area contributed by atoms with Crippen LogP contribution >= 0.6 is 34.3 Å². The molecule has 37 heavy (non-hydrogen) atoms. The zero-order valence-corrected chi connectivity index (χ0v) is 22.9. The first kappa shape index (κ1) is 25.2. The maximum atomic E-state index is 13.5. The molecule has 0 bridgehead atoms. The maximum absolute atomic E-state index is 13.5. The van der Waals surface area contributed by atoms with Crippen molar-refractivity contribution in [2.45, 2.75) is 26.7 Å². The van der Waals surface area contributed by atoms with Gasteiger partial charge in [-0.05, 0) is 73.5 Å². The Bertz CT molecular complexity index is 1620. The standard InChI is InChI=1S/C28H24ClN3O3S2/c1-4-20-10-12-25(37-20)23-15-36-28(30-23)31-26(33)14-21-16(2)32(24-11-9-19(35-3)13-22(21)24)27(34)17-5-7-18(29)8-6-17/h5-13,15H,4,14H2,1-3H3,(H,30,31,33). The lowest BCUT2D eigenvalue weighted by Crippen LogP contribution is -2.16. The van der Waals surface area contributed by atoms with E-state index in [4.69, 9.17) is 16.3 Å². The molecule has 0 saturated carbocycles. The van der Waals surface area contributed by atoms with Gasteiger partial charge >= 0.3 is 0 Å². The summed E-state index contributed by atoms with van der Waals surface area (Å²) in [5, 5.41) is 6.78. The summed E-state index contributed by atoms with van der Waals surface area (Å²) in [6, 6.07) is 16.5. The third-order valence-electron chi connectivity index (χ3n) is 6.19. The second-order valence-corrected chi connectivity index (χ2v) is 10.9. The number of methoxy groups -OCH3 is 1. The van der Waals surface area contributed by atoms with Crippen LogP contribution in [0.15, 0.2) is 60.0 Å². The number of halogens is 1. The largest absolute Gasteiger partial charge is 0.497 e. The molecule has 0 aliphatic rings. The first-order chi connectivity index (χ1) is 17.9. The zero-order valence-electron chi connectivity index (χ0n) is 20.5. The topological polar surface area (TPSA) is 73.2 Å². The Hall–Kier alpha value is -3.46. The molecule has 188 valence electrons. The molecule has 3 aromatic heterocycles. The molecule has 1 N–H and O–H groups in total. The Morgan fingerprint density at radius 1 is 1.11 bits per heavy atom. The van der Waals surface area contributed by atoms with Crippen LogP contribution in [0.2, 0.25) is 5.02 Å². The zero-order chi connectivity index (χ0) is 26.1. The fraction of sp³-hybridized carbons (Fsp3) is 0.179. The Morgan fingerprint density at radius 2 is 1.89 bits per heavy atom. The molecular weight excluding hydrogens is 526 g/mol. The van der Waals surface area contributed by atoms with E-state index in [9.17, 15) is 9.59 Å². The van der Waals surface area contributed by atoms with E-state index in [2.05, 4.69) is 29.4 Å². The van der Waals surface area contributed by atoms with E-state index >= 15 is 0 Å². The first-order valence-corrected chi connectivity index (χ1v) is 13.8. The number of anilines is 1. The number of hydrogen-bond acceptors (Lipinski definition) is 6. The summed E-state index contributed by atoms with van der Waals surface area (Å²) in [5.74, 6) is 0.255. The number of nitrogens with zero attached hydrogens (tertiary/aromatic N) is 2. The van der Waals surface area contributed by atoms with Crippen LogP contribution in [0.3, 0.4) is 0 Å². The summed E-state index contributed by atoms with van der Waals surface area (Å²) in [4.78, 5) is 33.6. The van der Waals surface area contributed by atoms with Crippen molar-refractivity contribution in [1.29, 1.82) is 0 Å². The van der Waals surface area contributed by atoms with E-state index in [1.165, 1.54) is 16.2 Å². The lowest BCUT2D eigenvalue weighted by atomic mass is 10.1. The van der Waals surface area contributed by atoms with Gasteiger partial charge in [-0.15, -0.1) is 22.7 Å². The van der Waals surface area contributed by atoms with Crippen LogP contribution in [0.5, 0.6) is 5.75 Å². The van der Waals surface area contributed by atoms with Gasteiger partial charge in [-0.1, -0.05) is 18.5 Å². The smallest absolute Gasteiger partial charge is 0.262 e. The number of rotatable bonds is 7. The van der Waals surface area contributed by atoms with Crippen LogP contribution in [-0.4, -0.2) is 28.5 Å². The fourth-order valence-corrected chi connectivity index (χ4v) is 6.11. The van der Waals surface area contributed by atoms with Crippen LogP contribution in [0.25, 0.3) is 21.5 Å². The molecule has 1 amide bonds. The van der Waals surface area contributed by atoms with Gasteiger partial charge in [0.05, 0.1) is 29.6 Å². The van der Waals surface area contributed by atoms with Gasteiger partial charge in [0, 0.05) is 31.9 Å². The van der Waals surface area contributed by atoms with E-state index < -0.39 is 0 Å². The van der Waals surface area contributed by atoms with Crippen molar-refractivity contribution in [3.05, 3.63) is 86.7 Å². The van der Waals surface area contributed by atoms with Crippen molar-refractivity contribution in [2.75, 3.05) is 12.4 Å². The quantitative estimate of drug-likeness (QED) is 0.232. The van der Waals surface area contributed by atoms with E-state index in [0.29, 0.717) is 32.7 Å². The monoisotopic (exact) mass is 549 g/mol. The van der Waals surface area contributed by atoms with Crippen molar-refractivity contribution >= 4 is 62.1 Å². The lowest BCUT2D eigenvalue weighted by Gasteiger charge is -2.08. The molecule has 0 aliphatic carbocycles. The summed E-state index contributed by atoms with van der Waals surface area (Å²) in [7, 11) is 1.59. The maximum Gasteiger partial charge on any atom is 0.262 e. The SMILES string of the molecule is CCc1ccc(-c2csc(NC(=O)Cc3c(C)n(C(=O)c4ccc(Cl)cc4)c4ccc(OC)cc34)n2)s1. The second kappa shape index (κ2) is 10.5. The van der Waals surface area contributed by atoms with E-state index in [1.54, 1.807) is 47.3 Å². The molecule has 0 unspecified atom stereocenters. The minimum Gasteiger partial charge on any atom is -0.497 e. The highest BCUT2D eigenvalue weighted by Crippen LogP contribution is 2.33. The molecule has 0 spiro atoms. The number of thiophene rings is 1. The van der Waals surface area contributed by atoms with Gasteiger partial charge in [-0.3, -0.25) is 14.2 Å². The number of hydrogen-bond donors (Lipinski definition) is 1. The number of benzene rings is 2. The first-order valence-electron chi connectivity index (χ1n) is 11.7. The Kier molecular flexibility index (Phi) is 7.15. The van der Waals surface area contributed by atoms with Crippen LogP contribution in [-0.2, 0) is 17.6 Å². The van der Waals surface area contributed by atoms with Gasteiger partial charge in [0.15, 0.2) is 5.13 Å². The number of carbonyl (C=O) groups is 2. The molecule has 0 radical (unpaired) electrons. The number of carbonyl (C=O) groups excluding carboxylic acids is 2. The summed E-state index contributed by atoms with van der Waals surface area (Å²) < 4.78 is 7.07. The molecule has 0 saturated heterocycles. The molecule has 2 aromatic carbocycles. The summed E-state index contributed by atoms with van der Waals surface area (Å²) in [6.07, 6.45) is 1.07. The molecule has 5 rings (SSSR count). The van der Waals surface area contributed by atoms with Crippen molar-refractivity contribution in [1.82, 2.24) is 9.55 Å². The van der Waals surface area contributed by atoms with Gasteiger partial charge in [0.25, 0.3) is 5.91 Å².